The first-order chi connectivity index (χ1) is 12.7. The SMILES string of the molecule is COc1ccc(NC(=O)C2CCc3nc4ccccn4c3C2)cc1OC. The van der Waals surface area contributed by atoms with Gasteiger partial charge in [0.25, 0.3) is 0 Å². The molecule has 4 rings (SSSR count). The summed E-state index contributed by atoms with van der Waals surface area (Å²) in [7, 11) is 3.17. The summed E-state index contributed by atoms with van der Waals surface area (Å²) < 4.78 is 12.6. The molecule has 1 amide bonds. The van der Waals surface area contributed by atoms with E-state index in [1.54, 1.807) is 26.4 Å². The zero-order valence-electron chi connectivity index (χ0n) is 14.9. The first-order valence-electron chi connectivity index (χ1n) is 8.67. The topological polar surface area (TPSA) is 64.9 Å². The van der Waals surface area contributed by atoms with Gasteiger partial charge in [-0.3, -0.25) is 4.79 Å². The molecule has 1 aliphatic carbocycles. The smallest absolute Gasteiger partial charge is 0.227 e. The summed E-state index contributed by atoms with van der Waals surface area (Å²) in [4.78, 5) is 17.5. The van der Waals surface area contributed by atoms with Crippen molar-refractivity contribution in [1.29, 1.82) is 0 Å². The van der Waals surface area contributed by atoms with Crippen molar-refractivity contribution in [2.24, 2.45) is 5.92 Å². The van der Waals surface area contributed by atoms with Crippen LogP contribution >= 0.6 is 0 Å². The van der Waals surface area contributed by atoms with E-state index in [4.69, 9.17) is 9.47 Å². The normalized spacial score (nSPS) is 16.2. The number of pyridine rings is 1. The van der Waals surface area contributed by atoms with Crippen molar-refractivity contribution in [3.63, 3.8) is 0 Å². The fourth-order valence-electron chi connectivity index (χ4n) is 3.54. The highest BCUT2D eigenvalue weighted by Gasteiger charge is 2.28. The van der Waals surface area contributed by atoms with Gasteiger partial charge in [-0.25, -0.2) is 4.98 Å². The number of nitrogens with zero attached hydrogens (tertiary/aromatic N) is 2. The van der Waals surface area contributed by atoms with Crippen molar-refractivity contribution in [1.82, 2.24) is 9.38 Å². The van der Waals surface area contributed by atoms with E-state index in [9.17, 15) is 4.79 Å². The van der Waals surface area contributed by atoms with Crippen molar-refractivity contribution in [2.75, 3.05) is 19.5 Å². The molecule has 1 unspecified atom stereocenters. The Labute approximate surface area is 151 Å². The van der Waals surface area contributed by atoms with E-state index in [-0.39, 0.29) is 11.8 Å². The zero-order chi connectivity index (χ0) is 18.1. The van der Waals surface area contributed by atoms with Crippen LogP contribution in [-0.4, -0.2) is 29.5 Å². The van der Waals surface area contributed by atoms with Gasteiger partial charge < -0.3 is 19.2 Å². The molecule has 1 aromatic carbocycles. The summed E-state index contributed by atoms with van der Waals surface area (Å²) in [5, 5.41) is 3.00. The molecule has 0 fully saturated rings. The lowest BCUT2D eigenvalue weighted by Gasteiger charge is -2.21. The molecule has 134 valence electrons. The number of hydrogen-bond donors (Lipinski definition) is 1. The highest BCUT2D eigenvalue weighted by molar-refractivity contribution is 5.93. The van der Waals surface area contributed by atoms with Crippen LogP contribution in [0.2, 0.25) is 0 Å². The van der Waals surface area contributed by atoms with Gasteiger partial charge in [0, 0.05) is 36.0 Å². The second-order valence-corrected chi connectivity index (χ2v) is 6.43. The Bertz CT molecular complexity index is 964. The number of imidazole rings is 1. The fourth-order valence-corrected chi connectivity index (χ4v) is 3.54. The number of benzene rings is 1. The molecule has 2 heterocycles. The van der Waals surface area contributed by atoms with Gasteiger partial charge in [-0.1, -0.05) is 6.07 Å². The lowest BCUT2D eigenvalue weighted by atomic mass is 9.89. The molecule has 3 aromatic rings. The molecular formula is C20H21N3O3. The van der Waals surface area contributed by atoms with E-state index in [1.807, 2.05) is 30.5 Å². The largest absolute Gasteiger partial charge is 0.493 e. The third-order valence-corrected chi connectivity index (χ3v) is 4.90. The average molecular weight is 351 g/mol. The molecule has 2 aromatic heterocycles. The second-order valence-electron chi connectivity index (χ2n) is 6.43. The Morgan fingerprint density at radius 1 is 1.19 bits per heavy atom. The maximum absolute atomic E-state index is 12.8. The molecule has 0 saturated carbocycles. The Balaban J connectivity index is 1.53. The van der Waals surface area contributed by atoms with Crippen LogP contribution in [0.4, 0.5) is 5.69 Å². The summed E-state index contributed by atoms with van der Waals surface area (Å²) in [6, 6.07) is 11.4. The van der Waals surface area contributed by atoms with Crippen molar-refractivity contribution in [2.45, 2.75) is 19.3 Å². The van der Waals surface area contributed by atoms with E-state index in [0.29, 0.717) is 23.6 Å². The number of carbonyl (C=O) groups is 1. The van der Waals surface area contributed by atoms with E-state index in [1.165, 1.54) is 0 Å². The standard InChI is InChI=1S/C20H21N3O3/c1-25-17-9-7-14(12-18(17)26-2)21-20(24)13-6-8-15-16(11-13)23-10-4-3-5-19(23)22-15/h3-5,7,9-10,12-13H,6,8,11H2,1-2H3,(H,21,24). The molecule has 1 N–H and O–H groups in total. The second kappa shape index (κ2) is 6.71. The third-order valence-electron chi connectivity index (χ3n) is 4.90. The summed E-state index contributed by atoms with van der Waals surface area (Å²) in [5.74, 6) is 1.18. The summed E-state index contributed by atoms with van der Waals surface area (Å²) in [6.07, 6.45) is 4.33. The quantitative estimate of drug-likeness (QED) is 0.784. The van der Waals surface area contributed by atoms with Gasteiger partial charge >= 0.3 is 0 Å². The number of rotatable bonds is 4. The molecule has 0 saturated heterocycles. The van der Waals surface area contributed by atoms with Crippen molar-refractivity contribution in [3.8, 4) is 11.5 Å². The zero-order valence-corrected chi connectivity index (χ0v) is 14.9. The van der Waals surface area contributed by atoms with Gasteiger partial charge in [-0.15, -0.1) is 0 Å². The van der Waals surface area contributed by atoms with Crippen LogP contribution in [0.5, 0.6) is 11.5 Å². The number of aryl methyl sites for hydroxylation is 1. The van der Waals surface area contributed by atoms with Crippen LogP contribution in [0.15, 0.2) is 42.6 Å². The lowest BCUT2D eigenvalue weighted by Crippen LogP contribution is -2.28. The van der Waals surface area contributed by atoms with Gasteiger partial charge in [0.15, 0.2) is 11.5 Å². The van der Waals surface area contributed by atoms with Gasteiger partial charge in [0.05, 0.1) is 19.9 Å². The first-order valence-corrected chi connectivity index (χ1v) is 8.67. The summed E-state index contributed by atoms with van der Waals surface area (Å²) >= 11 is 0. The number of amides is 1. The van der Waals surface area contributed by atoms with Crippen LogP contribution in [0, 0.1) is 5.92 Å². The molecule has 1 aliphatic rings. The van der Waals surface area contributed by atoms with E-state index >= 15 is 0 Å². The first kappa shape index (κ1) is 16.4. The van der Waals surface area contributed by atoms with Crippen LogP contribution < -0.4 is 14.8 Å². The minimum absolute atomic E-state index is 0.0220. The number of ether oxygens (including phenoxy) is 2. The average Bonchev–Trinajstić information content (AvgIpc) is 3.05. The predicted octanol–water partition coefficient (Wildman–Crippen LogP) is 3.10. The van der Waals surface area contributed by atoms with Crippen molar-refractivity contribution in [3.05, 3.63) is 54.0 Å². The van der Waals surface area contributed by atoms with E-state index in [2.05, 4.69) is 14.7 Å². The van der Waals surface area contributed by atoms with Crippen molar-refractivity contribution < 1.29 is 14.3 Å². The molecule has 6 nitrogen and oxygen atoms in total. The Kier molecular flexibility index (Phi) is 4.24. The van der Waals surface area contributed by atoms with E-state index in [0.717, 1.165) is 29.9 Å². The summed E-state index contributed by atoms with van der Waals surface area (Å²) in [5.41, 5.74) is 3.89. The molecule has 0 radical (unpaired) electrons. The third kappa shape index (κ3) is 2.87. The molecule has 0 bridgehead atoms. The predicted molar refractivity (Wildman–Crippen MR) is 98.9 cm³/mol. The number of carbonyl (C=O) groups excluding carboxylic acids is 1. The van der Waals surface area contributed by atoms with Crippen LogP contribution in [-0.2, 0) is 17.6 Å². The fraction of sp³-hybridized carbons (Fsp3) is 0.300. The Hall–Kier alpha value is -3.02. The van der Waals surface area contributed by atoms with E-state index < -0.39 is 0 Å². The molecule has 1 atom stereocenters. The molecular weight excluding hydrogens is 330 g/mol. The monoisotopic (exact) mass is 351 g/mol. The number of anilines is 1. The highest BCUT2D eigenvalue weighted by atomic mass is 16.5. The Morgan fingerprint density at radius 2 is 2.04 bits per heavy atom. The van der Waals surface area contributed by atoms with Crippen LogP contribution in [0.1, 0.15) is 17.8 Å². The van der Waals surface area contributed by atoms with Crippen molar-refractivity contribution >= 4 is 17.2 Å². The lowest BCUT2D eigenvalue weighted by molar-refractivity contribution is -0.120. The maximum atomic E-state index is 12.8. The number of fused-ring (bicyclic) bond motifs is 3. The molecule has 0 spiro atoms. The minimum atomic E-state index is -0.0734. The number of hydrogen-bond acceptors (Lipinski definition) is 4. The highest BCUT2D eigenvalue weighted by Crippen LogP contribution is 2.31. The van der Waals surface area contributed by atoms with Crippen LogP contribution in [0.3, 0.4) is 0 Å². The molecule has 6 heteroatoms. The van der Waals surface area contributed by atoms with Gasteiger partial charge in [-0.05, 0) is 37.1 Å². The number of methoxy groups -OCH3 is 2. The number of nitrogens with one attached hydrogen (secondary N) is 1. The van der Waals surface area contributed by atoms with Crippen LogP contribution in [0.25, 0.3) is 5.65 Å². The van der Waals surface area contributed by atoms with Gasteiger partial charge in [0.2, 0.25) is 5.91 Å². The minimum Gasteiger partial charge on any atom is -0.493 e. The Morgan fingerprint density at radius 3 is 2.85 bits per heavy atom. The number of aromatic nitrogens is 2. The van der Waals surface area contributed by atoms with Gasteiger partial charge in [0.1, 0.15) is 5.65 Å². The van der Waals surface area contributed by atoms with Gasteiger partial charge in [-0.2, -0.15) is 0 Å². The summed E-state index contributed by atoms with van der Waals surface area (Å²) in [6.45, 7) is 0. The molecule has 26 heavy (non-hydrogen) atoms. The molecule has 0 aliphatic heterocycles. The maximum Gasteiger partial charge on any atom is 0.227 e.